The van der Waals surface area contributed by atoms with Gasteiger partial charge in [0.25, 0.3) is 0 Å². The summed E-state index contributed by atoms with van der Waals surface area (Å²) in [7, 11) is 0. The number of benzene rings is 1. The van der Waals surface area contributed by atoms with Gasteiger partial charge in [-0.15, -0.1) is 0 Å². The van der Waals surface area contributed by atoms with Crippen LogP contribution in [0.15, 0.2) is 30.7 Å². The lowest BCUT2D eigenvalue weighted by Crippen LogP contribution is -2.09. The zero-order valence-corrected chi connectivity index (χ0v) is 11.1. The van der Waals surface area contributed by atoms with Crippen LogP contribution < -0.4 is 5.32 Å². The second-order valence-electron chi connectivity index (χ2n) is 4.34. The standard InChI is InChI=1S/C13H15ClFN3/c1-9(2)18-8-16-6-10(18)7-17-13-11(14)4-3-5-12(13)15/h3-6,8-9,17H,7H2,1-2H3. The zero-order valence-electron chi connectivity index (χ0n) is 10.3. The maximum atomic E-state index is 13.6. The summed E-state index contributed by atoms with van der Waals surface area (Å²) < 4.78 is 15.6. The fourth-order valence-corrected chi connectivity index (χ4v) is 2.01. The molecule has 96 valence electrons. The van der Waals surface area contributed by atoms with E-state index in [-0.39, 0.29) is 5.82 Å². The quantitative estimate of drug-likeness (QED) is 0.911. The van der Waals surface area contributed by atoms with Gasteiger partial charge in [0.15, 0.2) is 0 Å². The number of anilines is 1. The van der Waals surface area contributed by atoms with Gasteiger partial charge in [0, 0.05) is 12.2 Å². The number of halogens is 2. The van der Waals surface area contributed by atoms with Crippen LogP contribution >= 0.6 is 11.6 Å². The molecule has 0 bridgehead atoms. The summed E-state index contributed by atoms with van der Waals surface area (Å²) in [5, 5.41) is 3.39. The molecule has 2 rings (SSSR count). The van der Waals surface area contributed by atoms with Crippen molar-refractivity contribution in [2.24, 2.45) is 0 Å². The highest BCUT2D eigenvalue weighted by Gasteiger charge is 2.09. The molecule has 1 heterocycles. The molecule has 0 aliphatic heterocycles. The monoisotopic (exact) mass is 267 g/mol. The summed E-state index contributed by atoms with van der Waals surface area (Å²) >= 11 is 5.95. The first-order valence-corrected chi connectivity index (χ1v) is 6.16. The molecular formula is C13H15ClFN3. The van der Waals surface area contributed by atoms with Gasteiger partial charge < -0.3 is 9.88 Å². The summed E-state index contributed by atoms with van der Waals surface area (Å²) in [5.41, 5.74) is 1.32. The number of hydrogen-bond donors (Lipinski definition) is 1. The lowest BCUT2D eigenvalue weighted by molar-refractivity contribution is 0.576. The van der Waals surface area contributed by atoms with E-state index in [1.165, 1.54) is 6.07 Å². The maximum absolute atomic E-state index is 13.6. The molecule has 0 atom stereocenters. The van der Waals surface area contributed by atoms with Crippen molar-refractivity contribution in [2.75, 3.05) is 5.32 Å². The smallest absolute Gasteiger partial charge is 0.147 e. The summed E-state index contributed by atoms with van der Waals surface area (Å²) in [4.78, 5) is 4.10. The van der Waals surface area contributed by atoms with E-state index in [1.54, 1.807) is 24.7 Å². The maximum Gasteiger partial charge on any atom is 0.147 e. The van der Waals surface area contributed by atoms with E-state index >= 15 is 0 Å². The van der Waals surface area contributed by atoms with Crippen LogP contribution in [0.4, 0.5) is 10.1 Å². The van der Waals surface area contributed by atoms with Gasteiger partial charge in [0.2, 0.25) is 0 Å². The van der Waals surface area contributed by atoms with E-state index < -0.39 is 0 Å². The second-order valence-corrected chi connectivity index (χ2v) is 4.74. The van der Waals surface area contributed by atoms with Crippen molar-refractivity contribution in [3.05, 3.63) is 47.3 Å². The van der Waals surface area contributed by atoms with E-state index in [1.807, 2.05) is 4.57 Å². The summed E-state index contributed by atoms with van der Waals surface area (Å²) in [5.74, 6) is -0.349. The van der Waals surface area contributed by atoms with Crippen molar-refractivity contribution in [2.45, 2.75) is 26.4 Å². The Balaban J connectivity index is 2.14. The van der Waals surface area contributed by atoms with E-state index in [9.17, 15) is 4.39 Å². The number of nitrogens with zero attached hydrogens (tertiary/aromatic N) is 2. The lowest BCUT2D eigenvalue weighted by Gasteiger charge is -2.13. The Morgan fingerprint density at radius 3 is 2.89 bits per heavy atom. The summed E-state index contributed by atoms with van der Waals surface area (Å²) in [6.07, 6.45) is 3.53. The number of hydrogen-bond acceptors (Lipinski definition) is 2. The minimum atomic E-state index is -0.349. The van der Waals surface area contributed by atoms with E-state index in [4.69, 9.17) is 11.6 Å². The molecule has 0 radical (unpaired) electrons. The molecule has 0 fully saturated rings. The molecule has 1 aromatic heterocycles. The third-order valence-corrected chi connectivity index (χ3v) is 3.03. The number of para-hydroxylation sites is 1. The minimum absolute atomic E-state index is 0.320. The first kappa shape index (κ1) is 12.9. The fraction of sp³-hybridized carbons (Fsp3) is 0.308. The summed E-state index contributed by atoms with van der Waals surface area (Å²) in [6.45, 7) is 4.63. The number of imidazole rings is 1. The molecule has 0 amide bonds. The van der Waals surface area contributed by atoms with Gasteiger partial charge in [0.1, 0.15) is 5.82 Å². The van der Waals surface area contributed by atoms with Crippen molar-refractivity contribution >= 4 is 17.3 Å². The Kier molecular flexibility index (Phi) is 3.87. The van der Waals surface area contributed by atoms with Crippen LogP contribution in [-0.2, 0) is 6.54 Å². The molecule has 1 N–H and O–H groups in total. The zero-order chi connectivity index (χ0) is 13.1. The third kappa shape index (κ3) is 2.64. The Morgan fingerprint density at radius 1 is 1.44 bits per heavy atom. The van der Waals surface area contributed by atoms with Gasteiger partial charge in [-0.2, -0.15) is 0 Å². The van der Waals surface area contributed by atoms with Crippen LogP contribution in [0, 0.1) is 5.82 Å². The van der Waals surface area contributed by atoms with E-state index in [0.717, 1.165) is 5.69 Å². The van der Waals surface area contributed by atoms with Crippen molar-refractivity contribution < 1.29 is 4.39 Å². The normalized spacial score (nSPS) is 10.9. The molecule has 0 unspecified atom stereocenters. The Morgan fingerprint density at radius 2 is 2.22 bits per heavy atom. The number of aromatic nitrogens is 2. The van der Waals surface area contributed by atoms with Crippen LogP contribution in [0.5, 0.6) is 0 Å². The predicted octanol–water partition coefficient (Wildman–Crippen LogP) is 3.87. The van der Waals surface area contributed by atoms with Crippen molar-refractivity contribution in [3.63, 3.8) is 0 Å². The largest absolute Gasteiger partial charge is 0.376 e. The van der Waals surface area contributed by atoms with Gasteiger partial charge in [-0.3, -0.25) is 0 Å². The van der Waals surface area contributed by atoms with Crippen LogP contribution in [-0.4, -0.2) is 9.55 Å². The Labute approximate surface area is 111 Å². The molecule has 1 aromatic carbocycles. The highest BCUT2D eigenvalue weighted by molar-refractivity contribution is 6.33. The molecule has 5 heteroatoms. The Hall–Kier alpha value is -1.55. The first-order chi connectivity index (χ1) is 8.59. The number of nitrogens with one attached hydrogen (secondary N) is 1. The Bertz CT molecular complexity index is 517. The highest BCUT2D eigenvalue weighted by Crippen LogP contribution is 2.25. The molecule has 0 saturated heterocycles. The van der Waals surface area contributed by atoms with Gasteiger partial charge in [-0.25, -0.2) is 9.37 Å². The van der Waals surface area contributed by atoms with Gasteiger partial charge in [-0.05, 0) is 26.0 Å². The van der Waals surface area contributed by atoms with E-state index in [0.29, 0.717) is 23.3 Å². The van der Waals surface area contributed by atoms with Gasteiger partial charge in [-0.1, -0.05) is 17.7 Å². The van der Waals surface area contributed by atoms with Crippen LogP contribution in [0.1, 0.15) is 25.6 Å². The van der Waals surface area contributed by atoms with Crippen LogP contribution in [0.3, 0.4) is 0 Å². The van der Waals surface area contributed by atoms with Crippen LogP contribution in [0.2, 0.25) is 5.02 Å². The second kappa shape index (κ2) is 5.40. The van der Waals surface area contributed by atoms with Crippen molar-refractivity contribution in [1.82, 2.24) is 9.55 Å². The molecular weight excluding hydrogens is 253 g/mol. The molecule has 0 aliphatic rings. The van der Waals surface area contributed by atoms with Crippen LogP contribution in [0.25, 0.3) is 0 Å². The molecule has 0 aliphatic carbocycles. The lowest BCUT2D eigenvalue weighted by atomic mass is 10.3. The topological polar surface area (TPSA) is 29.9 Å². The number of rotatable bonds is 4. The van der Waals surface area contributed by atoms with Crippen molar-refractivity contribution in [3.8, 4) is 0 Å². The van der Waals surface area contributed by atoms with Gasteiger partial charge >= 0.3 is 0 Å². The van der Waals surface area contributed by atoms with E-state index in [2.05, 4.69) is 24.1 Å². The molecule has 0 spiro atoms. The highest BCUT2D eigenvalue weighted by atomic mass is 35.5. The fourth-order valence-electron chi connectivity index (χ4n) is 1.78. The molecule has 2 aromatic rings. The summed E-state index contributed by atoms with van der Waals surface area (Å²) in [6, 6.07) is 4.95. The first-order valence-electron chi connectivity index (χ1n) is 5.78. The SMILES string of the molecule is CC(C)n1cncc1CNc1c(F)cccc1Cl. The predicted molar refractivity (Wildman–Crippen MR) is 71.3 cm³/mol. The molecule has 0 saturated carbocycles. The van der Waals surface area contributed by atoms with Crippen molar-refractivity contribution in [1.29, 1.82) is 0 Å². The average molecular weight is 268 g/mol. The van der Waals surface area contributed by atoms with Gasteiger partial charge in [0.05, 0.1) is 29.3 Å². The third-order valence-electron chi connectivity index (χ3n) is 2.71. The molecule has 3 nitrogen and oxygen atoms in total. The molecule has 18 heavy (non-hydrogen) atoms. The minimum Gasteiger partial charge on any atom is -0.376 e. The average Bonchev–Trinajstić information content (AvgIpc) is 2.76.